The van der Waals surface area contributed by atoms with Crippen molar-refractivity contribution in [3.63, 3.8) is 0 Å². The number of ether oxygens (including phenoxy) is 1. The second-order valence-electron chi connectivity index (χ2n) is 5.90. The molecular weight excluding hydrogens is 284 g/mol. The smallest absolute Gasteiger partial charge is 0.232 e. The van der Waals surface area contributed by atoms with E-state index in [4.69, 9.17) is 15.4 Å². The SMILES string of the molecule is CC(COc1ccc(C(C)(C)C)cc1)CS(=O)(=O)Cl. The molecule has 0 radical (unpaired) electrons. The Balaban J connectivity index is 2.55. The topological polar surface area (TPSA) is 43.4 Å². The first-order valence-corrected chi connectivity index (χ1v) is 8.71. The van der Waals surface area contributed by atoms with Crippen LogP contribution in [0.4, 0.5) is 0 Å². The van der Waals surface area contributed by atoms with Crippen LogP contribution in [-0.2, 0) is 14.5 Å². The molecule has 1 atom stereocenters. The maximum Gasteiger partial charge on any atom is 0.232 e. The van der Waals surface area contributed by atoms with E-state index in [1.165, 1.54) is 5.56 Å². The molecule has 1 aromatic carbocycles. The predicted octanol–water partition coefficient (Wildman–Crippen LogP) is 3.57. The van der Waals surface area contributed by atoms with E-state index in [1.807, 2.05) is 24.3 Å². The molecule has 108 valence electrons. The fraction of sp³-hybridized carbons (Fsp3) is 0.571. The van der Waals surface area contributed by atoms with E-state index in [2.05, 4.69) is 20.8 Å². The molecule has 0 saturated heterocycles. The molecule has 1 rings (SSSR count). The normalized spacial score (nSPS) is 14.2. The Kier molecular flexibility index (Phi) is 5.27. The van der Waals surface area contributed by atoms with Gasteiger partial charge in [0.25, 0.3) is 0 Å². The van der Waals surface area contributed by atoms with Crippen LogP contribution in [0.1, 0.15) is 33.3 Å². The second kappa shape index (κ2) is 6.14. The fourth-order valence-corrected chi connectivity index (χ4v) is 3.10. The lowest BCUT2D eigenvalue weighted by Gasteiger charge is -2.19. The van der Waals surface area contributed by atoms with E-state index in [-0.39, 0.29) is 17.1 Å². The molecule has 1 unspecified atom stereocenters. The molecule has 3 nitrogen and oxygen atoms in total. The molecule has 0 aliphatic rings. The highest BCUT2D eigenvalue weighted by Crippen LogP contribution is 2.24. The summed E-state index contributed by atoms with van der Waals surface area (Å²) < 4.78 is 27.4. The first kappa shape index (κ1) is 16.3. The first-order chi connectivity index (χ1) is 8.58. The van der Waals surface area contributed by atoms with Gasteiger partial charge in [-0.25, -0.2) is 8.42 Å². The summed E-state index contributed by atoms with van der Waals surface area (Å²) in [7, 11) is 1.74. The van der Waals surface area contributed by atoms with Crippen LogP contribution in [0.25, 0.3) is 0 Å². The van der Waals surface area contributed by atoms with Crippen molar-refractivity contribution in [1.82, 2.24) is 0 Å². The van der Waals surface area contributed by atoms with Gasteiger partial charge in [0.05, 0.1) is 12.4 Å². The van der Waals surface area contributed by atoms with Crippen LogP contribution in [0.15, 0.2) is 24.3 Å². The van der Waals surface area contributed by atoms with E-state index in [0.29, 0.717) is 6.61 Å². The van der Waals surface area contributed by atoms with Crippen LogP contribution in [0.3, 0.4) is 0 Å². The molecule has 0 amide bonds. The molecule has 0 bridgehead atoms. The zero-order valence-corrected chi connectivity index (χ0v) is 13.4. The minimum Gasteiger partial charge on any atom is -0.493 e. The Morgan fingerprint density at radius 2 is 1.74 bits per heavy atom. The molecule has 1 aromatic rings. The Morgan fingerprint density at radius 1 is 1.21 bits per heavy atom. The van der Waals surface area contributed by atoms with Gasteiger partial charge in [-0.2, -0.15) is 0 Å². The highest BCUT2D eigenvalue weighted by molar-refractivity contribution is 8.13. The van der Waals surface area contributed by atoms with Crippen molar-refractivity contribution >= 4 is 19.7 Å². The summed E-state index contributed by atoms with van der Waals surface area (Å²) in [6.45, 7) is 8.58. The van der Waals surface area contributed by atoms with Crippen molar-refractivity contribution < 1.29 is 13.2 Å². The lowest BCUT2D eigenvalue weighted by Crippen LogP contribution is -2.16. The summed E-state index contributed by atoms with van der Waals surface area (Å²) in [5, 5.41) is 0. The first-order valence-electron chi connectivity index (χ1n) is 6.23. The lowest BCUT2D eigenvalue weighted by molar-refractivity contribution is 0.272. The van der Waals surface area contributed by atoms with Crippen molar-refractivity contribution in [2.45, 2.75) is 33.1 Å². The second-order valence-corrected chi connectivity index (χ2v) is 8.72. The zero-order chi connectivity index (χ0) is 14.7. The molecule has 0 heterocycles. The summed E-state index contributed by atoms with van der Waals surface area (Å²) in [5.74, 6) is 0.533. The maximum atomic E-state index is 10.9. The Bertz CT molecular complexity index is 500. The van der Waals surface area contributed by atoms with E-state index in [0.717, 1.165) is 5.75 Å². The van der Waals surface area contributed by atoms with Gasteiger partial charge in [0.1, 0.15) is 5.75 Å². The van der Waals surface area contributed by atoms with Gasteiger partial charge < -0.3 is 4.74 Å². The minimum atomic E-state index is -3.46. The highest BCUT2D eigenvalue weighted by Gasteiger charge is 2.15. The highest BCUT2D eigenvalue weighted by atomic mass is 35.7. The van der Waals surface area contributed by atoms with Gasteiger partial charge in [-0.15, -0.1) is 0 Å². The average molecular weight is 305 g/mol. The largest absolute Gasteiger partial charge is 0.493 e. The predicted molar refractivity (Wildman–Crippen MR) is 79.4 cm³/mol. The van der Waals surface area contributed by atoms with Crippen LogP contribution in [0.2, 0.25) is 0 Å². The molecule has 0 saturated carbocycles. The summed E-state index contributed by atoms with van der Waals surface area (Å²) in [6.07, 6.45) is 0. The monoisotopic (exact) mass is 304 g/mol. The van der Waals surface area contributed by atoms with E-state index in [9.17, 15) is 8.42 Å². The van der Waals surface area contributed by atoms with Gasteiger partial charge in [0, 0.05) is 16.6 Å². The molecule has 19 heavy (non-hydrogen) atoms. The Hall–Kier alpha value is -0.740. The van der Waals surface area contributed by atoms with E-state index < -0.39 is 9.05 Å². The molecule has 0 spiro atoms. The summed E-state index contributed by atoms with van der Waals surface area (Å²) in [6, 6.07) is 7.86. The third-order valence-electron chi connectivity index (χ3n) is 2.74. The van der Waals surface area contributed by atoms with Crippen LogP contribution in [0.5, 0.6) is 5.75 Å². The van der Waals surface area contributed by atoms with Crippen LogP contribution < -0.4 is 4.74 Å². The summed E-state index contributed by atoms with van der Waals surface area (Å²) in [5.41, 5.74) is 1.34. The molecule has 0 aliphatic heterocycles. The summed E-state index contributed by atoms with van der Waals surface area (Å²) >= 11 is 0. The van der Waals surface area contributed by atoms with E-state index >= 15 is 0 Å². The molecule has 0 N–H and O–H groups in total. The van der Waals surface area contributed by atoms with Gasteiger partial charge in [0.15, 0.2) is 0 Å². The van der Waals surface area contributed by atoms with E-state index in [1.54, 1.807) is 6.92 Å². The van der Waals surface area contributed by atoms with Gasteiger partial charge in [0.2, 0.25) is 9.05 Å². The van der Waals surface area contributed by atoms with Crippen LogP contribution in [-0.4, -0.2) is 20.8 Å². The van der Waals surface area contributed by atoms with Crippen molar-refractivity contribution in [3.8, 4) is 5.75 Å². The van der Waals surface area contributed by atoms with Gasteiger partial charge >= 0.3 is 0 Å². The summed E-state index contributed by atoms with van der Waals surface area (Å²) in [4.78, 5) is 0. The standard InChI is InChI=1S/C14H21ClO3S/c1-11(10-19(15,16)17)9-18-13-7-5-12(6-8-13)14(2,3)4/h5-8,11H,9-10H2,1-4H3. The van der Waals surface area contributed by atoms with Gasteiger partial charge in [-0.05, 0) is 23.1 Å². The molecule has 0 fully saturated rings. The van der Waals surface area contributed by atoms with Gasteiger partial charge in [-0.1, -0.05) is 39.8 Å². The van der Waals surface area contributed by atoms with Crippen molar-refractivity contribution in [1.29, 1.82) is 0 Å². The molecule has 0 aliphatic carbocycles. The zero-order valence-electron chi connectivity index (χ0n) is 11.8. The third kappa shape index (κ3) is 6.30. The Morgan fingerprint density at radius 3 is 2.16 bits per heavy atom. The maximum absolute atomic E-state index is 10.9. The molecule has 5 heteroatoms. The minimum absolute atomic E-state index is 0.0748. The number of halogens is 1. The van der Waals surface area contributed by atoms with Crippen LogP contribution in [0, 0.1) is 5.92 Å². The van der Waals surface area contributed by atoms with Crippen molar-refractivity contribution in [2.24, 2.45) is 5.92 Å². The number of benzene rings is 1. The lowest BCUT2D eigenvalue weighted by atomic mass is 9.87. The molecular formula is C14H21ClO3S. The third-order valence-corrected chi connectivity index (χ3v) is 4.08. The Labute approximate surface area is 120 Å². The quantitative estimate of drug-likeness (QED) is 0.781. The van der Waals surface area contributed by atoms with Crippen molar-refractivity contribution in [2.75, 3.05) is 12.4 Å². The number of hydrogen-bond donors (Lipinski definition) is 0. The number of hydrogen-bond acceptors (Lipinski definition) is 3. The van der Waals surface area contributed by atoms with Gasteiger partial charge in [-0.3, -0.25) is 0 Å². The fourth-order valence-electron chi connectivity index (χ4n) is 1.68. The van der Waals surface area contributed by atoms with Crippen LogP contribution >= 0.6 is 10.7 Å². The number of rotatable bonds is 5. The van der Waals surface area contributed by atoms with Crippen molar-refractivity contribution in [3.05, 3.63) is 29.8 Å². The average Bonchev–Trinajstić information content (AvgIpc) is 2.23. The molecule has 0 aromatic heterocycles.